The van der Waals surface area contributed by atoms with Crippen LogP contribution >= 0.6 is 0 Å². The number of benzene rings is 2. The normalized spacial score (nSPS) is 18.3. The maximum absolute atomic E-state index is 13.4. The van der Waals surface area contributed by atoms with Crippen LogP contribution < -0.4 is 10.1 Å². The quantitative estimate of drug-likeness (QED) is 0.499. The fourth-order valence-electron chi connectivity index (χ4n) is 5.54. The molecule has 0 aromatic heterocycles. The topological polar surface area (TPSA) is 44.8 Å². The first-order chi connectivity index (χ1) is 16.8. The third-order valence-electron chi connectivity index (χ3n) is 7.68. The Hall–Kier alpha value is -2.53. The van der Waals surface area contributed by atoms with Crippen LogP contribution in [0, 0.1) is 6.92 Å². The molecule has 2 aliphatic rings. The second kappa shape index (κ2) is 11.5. The predicted octanol–water partition coefficient (Wildman–Crippen LogP) is 6.78. The minimum atomic E-state index is -0.00645. The van der Waals surface area contributed by atoms with Crippen molar-refractivity contribution in [1.82, 2.24) is 9.80 Å². The van der Waals surface area contributed by atoms with Gasteiger partial charge in [0.1, 0.15) is 5.75 Å². The fourth-order valence-corrected chi connectivity index (χ4v) is 5.54. The molecule has 2 aliphatic heterocycles. The number of hydrogen-bond acceptors (Lipinski definition) is 3. The number of nitrogens with one attached hydrogen (secondary N) is 1. The number of aryl methyl sites for hydroxylation is 1. The van der Waals surface area contributed by atoms with Gasteiger partial charge in [-0.2, -0.15) is 0 Å². The van der Waals surface area contributed by atoms with Crippen molar-refractivity contribution >= 4 is 11.7 Å². The first-order valence-electron chi connectivity index (χ1n) is 13.5. The van der Waals surface area contributed by atoms with Gasteiger partial charge < -0.3 is 19.9 Å². The van der Waals surface area contributed by atoms with Crippen molar-refractivity contribution in [2.24, 2.45) is 0 Å². The minimum Gasteiger partial charge on any atom is -0.489 e. The Balaban J connectivity index is 1.46. The average molecular weight is 478 g/mol. The van der Waals surface area contributed by atoms with Crippen LogP contribution in [0.4, 0.5) is 10.5 Å². The molecule has 2 heterocycles. The summed E-state index contributed by atoms with van der Waals surface area (Å²) in [5, 5.41) is 3.30. The summed E-state index contributed by atoms with van der Waals surface area (Å²) in [6.07, 6.45) is 4.26. The molecule has 1 N–H and O–H groups in total. The maximum atomic E-state index is 13.4. The number of nitrogens with zero attached hydrogens (tertiary/aromatic N) is 2. The Labute approximate surface area is 211 Å². The highest BCUT2D eigenvalue weighted by Gasteiger charge is 2.28. The van der Waals surface area contributed by atoms with Gasteiger partial charge in [0.2, 0.25) is 0 Å². The molecule has 2 saturated heterocycles. The van der Waals surface area contributed by atoms with Crippen LogP contribution in [0.5, 0.6) is 5.75 Å². The van der Waals surface area contributed by atoms with E-state index in [-0.39, 0.29) is 12.1 Å². The van der Waals surface area contributed by atoms with Crippen molar-refractivity contribution in [2.45, 2.75) is 84.3 Å². The van der Waals surface area contributed by atoms with E-state index < -0.39 is 0 Å². The van der Waals surface area contributed by atoms with Crippen molar-refractivity contribution in [3.8, 4) is 5.75 Å². The lowest BCUT2D eigenvalue weighted by Crippen LogP contribution is -2.41. The van der Waals surface area contributed by atoms with E-state index in [1.54, 1.807) is 0 Å². The Bertz CT molecular complexity index is 970. The van der Waals surface area contributed by atoms with Gasteiger partial charge in [-0.3, -0.25) is 0 Å². The summed E-state index contributed by atoms with van der Waals surface area (Å²) in [5.74, 6) is 1.74. The van der Waals surface area contributed by atoms with Crippen molar-refractivity contribution in [1.29, 1.82) is 0 Å². The van der Waals surface area contributed by atoms with Gasteiger partial charge in [-0.25, -0.2) is 4.79 Å². The van der Waals surface area contributed by atoms with Crippen LogP contribution in [0.3, 0.4) is 0 Å². The Morgan fingerprint density at radius 2 is 1.51 bits per heavy atom. The van der Waals surface area contributed by atoms with E-state index in [9.17, 15) is 4.79 Å². The summed E-state index contributed by atoms with van der Waals surface area (Å²) >= 11 is 0. The molecule has 0 atom stereocenters. The van der Waals surface area contributed by atoms with Crippen molar-refractivity contribution in [3.05, 3.63) is 59.2 Å². The summed E-state index contributed by atoms with van der Waals surface area (Å²) < 4.78 is 6.17. The minimum absolute atomic E-state index is 0.00645. The smallest absolute Gasteiger partial charge is 0.321 e. The van der Waals surface area contributed by atoms with Gasteiger partial charge in [0.05, 0.1) is 11.8 Å². The van der Waals surface area contributed by atoms with Gasteiger partial charge in [0, 0.05) is 19.1 Å². The summed E-state index contributed by atoms with van der Waals surface area (Å²) in [7, 11) is 0. The molecule has 2 fully saturated rings. The number of ether oxygens (including phenoxy) is 1. The highest BCUT2D eigenvalue weighted by molar-refractivity contribution is 5.92. The van der Waals surface area contributed by atoms with Gasteiger partial charge in [-0.1, -0.05) is 42.0 Å². The molecule has 2 aromatic carbocycles. The lowest BCUT2D eigenvalue weighted by atomic mass is 9.87. The largest absolute Gasteiger partial charge is 0.489 e. The van der Waals surface area contributed by atoms with Crippen molar-refractivity contribution in [2.75, 3.05) is 31.5 Å². The second-order valence-electron chi connectivity index (χ2n) is 10.9. The zero-order valence-electron chi connectivity index (χ0n) is 22.2. The van der Waals surface area contributed by atoms with E-state index in [1.165, 1.54) is 16.7 Å². The Kier molecular flexibility index (Phi) is 8.38. The van der Waals surface area contributed by atoms with E-state index >= 15 is 0 Å². The van der Waals surface area contributed by atoms with Crippen LogP contribution in [0.1, 0.15) is 81.9 Å². The number of urea groups is 1. The molecular formula is C30H43N3O2. The second-order valence-corrected chi connectivity index (χ2v) is 10.9. The van der Waals surface area contributed by atoms with Crippen molar-refractivity contribution in [3.63, 3.8) is 0 Å². The molecule has 5 heteroatoms. The van der Waals surface area contributed by atoms with Gasteiger partial charge in [0.15, 0.2) is 0 Å². The summed E-state index contributed by atoms with van der Waals surface area (Å²) in [6, 6.07) is 15.7. The van der Waals surface area contributed by atoms with Gasteiger partial charge in [0.25, 0.3) is 0 Å². The zero-order valence-corrected chi connectivity index (χ0v) is 22.2. The number of likely N-dealkylation sites (tertiary alicyclic amines) is 2. The number of hydrogen-bond donors (Lipinski definition) is 1. The number of carbonyl (C=O) groups is 1. The van der Waals surface area contributed by atoms with Crippen LogP contribution in [-0.2, 0) is 0 Å². The molecule has 0 bridgehead atoms. The molecule has 2 aromatic rings. The van der Waals surface area contributed by atoms with Gasteiger partial charge in [-0.05, 0) is 102 Å². The molecule has 0 spiro atoms. The number of piperidine rings is 2. The summed E-state index contributed by atoms with van der Waals surface area (Å²) in [4.78, 5) is 17.9. The van der Waals surface area contributed by atoms with E-state index in [0.29, 0.717) is 17.9 Å². The summed E-state index contributed by atoms with van der Waals surface area (Å²) in [6.45, 7) is 14.5. The SMILES string of the molecule is Cc1ccc(C2CCN(C(=O)Nc3c(OC(C)C)cccc3C3CCN(C(C)C)CC3)CC2)cc1. The lowest BCUT2D eigenvalue weighted by Gasteiger charge is -2.36. The molecule has 190 valence electrons. The predicted molar refractivity (Wildman–Crippen MR) is 145 cm³/mol. The van der Waals surface area contributed by atoms with E-state index in [4.69, 9.17) is 4.74 Å². The van der Waals surface area contributed by atoms with E-state index in [1.807, 2.05) is 24.8 Å². The number of carbonyl (C=O) groups excluding carboxylic acids is 1. The molecule has 4 rings (SSSR count). The molecule has 0 saturated carbocycles. The standard InChI is InChI=1S/C30H43N3O2/c1-21(2)32-17-15-26(16-18-32)27-7-6-8-28(35-22(3)4)29(27)31-30(34)33-19-13-25(14-20-33)24-11-9-23(5)10-12-24/h6-12,21-22,25-26H,13-20H2,1-5H3,(H,31,34). The highest BCUT2D eigenvalue weighted by atomic mass is 16.5. The zero-order chi connectivity index (χ0) is 24.9. The summed E-state index contributed by atoms with van der Waals surface area (Å²) in [5.41, 5.74) is 4.77. The molecule has 2 amide bonds. The van der Waals surface area contributed by atoms with E-state index in [0.717, 1.165) is 63.3 Å². The van der Waals surface area contributed by atoms with Gasteiger partial charge >= 0.3 is 6.03 Å². The third-order valence-corrected chi connectivity index (χ3v) is 7.68. The first kappa shape index (κ1) is 25.6. The fraction of sp³-hybridized carbons (Fsp3) is 0.567. The average Bonchev–Trinajstić information content (AvgIpc) is 2.85. The van der Waals surface area contributed by atoms with Crippen LogP contribution in [0.2, 0.25) is 0 Å². The first-order valence-corrected chi connectivity index (χ1v) is 13.5. The van der Waals surface area contributed by atoms with E-state index in [2.05, 4.69) is 67.4 Å². The lowest BCUT2D eigenvalue weighted by molar-refractivity contribution is 0.171. The maximum Gasteiger partial charge on any atom is 0.321 e. The Morgan fingerprint density at radius 3 is 2.11 bits per heavy atom. The molecular weight excluding hydrogens is 434 g/mol. The monoisotopic (exact) mass is 477 g/mol. The number of rotatable bonds is 6. The van der Waals surface area contributed by atoms with Crippen LogP contribution in [0.25, 0.3) is 0 Å². The molecule has 5 nitrogen and oxygen atoms in total. The molecule has 0 radical (unpaired) electrons. The third kappa shape index (κ3) is 6.38. The molecule has 0 aliphatic carbocycles. The highest BCUT2D eigenvalue weighted by Crippen LogP contribution is 2.39. The van der Waals surface area contributed by atoms with Crippen molar-refractivity contribution < 1.29 is 9.53 Å². The Morgan fingerprint density at radius 1 is 0.886 bits per heavy atom. The van der Waals surface area contributed by atoms with Crippen LogP contribution in [-0.4, -0.2) is 54.2 Å². The number of amides is 2. The molecule has 35 heavy (non-hydrogen) atoms. The molecule has 0 unspecified atom stereocenters. The van der Waals surface area contributed by atoms with Crippen LogP contribution in [0.15, 0.2) is 42.5 Å². The van der Waals surface area contributed by atoms with Gasteiger partial charge in [-0.15, -0.1) is 0 Å². The number of para-hydroxylation sites is 1. The number of anilines is 1.